The molecule has 1 saturated heterocycles. The maximum Gasteiger partial charge on any atom is 0.248 e. The molecule has 172 valence electrons. The topological polar surface area (TPSA) is 61.9 Å². The van der Waals surface area contributed by atoms with Crippen molar-refractivity contribution < 1.29 is 14.3 Å². The number of ether oxygens (including phenoxy) is 1. The Kier molecular flexibility index (Phi) is 9.34. The third kappa shape index (κ3) is 7.04. The Balaban J connectivity index is 1.47. The molecule has 1 aromatic carbocycles. The van der Waals surface area contributed by atoms with Gasteiger partial charge in [0.2, 0.25) is 11.8 Å². The minimum atomic E-state index is -0.0573. The van der Waals surface area contributed by atoms with Crippen molar-refractivity contribution in [2.24, 2.45) is 11.8 Å². The Morgan fingerprint density at radius 3 is 2.42 bits per heavy atom. The summed E-state index contributed by atoms with van der Waals surface area (Å²) in [6.45, 7) is 8.47. The molecular weight excluding hydrogens is 390 g/mol. The standard InChI is InChI=1S/C25H39N3O3/c1-3-20(2)17-26-25(30)24(22-11-7-8-12-22)28-15-13-27(14-16-28)23(29)19-31-18-21-9-5-4-6-10-21/h4-6,9-10,20,22,24H,3,7-8,11-19H2,1-2H3,(H,26,30)/t20-,24+/m0/s1. The third-order valence-electron chi connectivity index (χ3n) is 6.83. The van der Waals surface area contributed by atoms with E-state index in [9.17, 15) is 9.59 Å². The van der Waals surface area contributed by atoms with E-state index in [1.165, 1.54) is 12.8 Å². The van der Waals surface area contributed by atoms with Gasteiger partial charge in [0, 0.05) is 32.7 Å². The smallest absolute Gasteiger partial charge is 0.248 e. The lowest BCUT2D eigenvalue weighted by Crippen LogP contribution is -2.58. The fourth-order valence-electron chi connectivity index (χ4n) is 4.65. The summed E-state index contributed by atoms with van der Waals surface area (Å²) < 4.78 is 5.62. The maximum absolute atomic E-state index is 13.1. The number of carbonyl (C=O) groups is 2. The SMILES string of the molecule is CC[C@H](C)CNC(=O)[C@@H](C1CCCC1)N1CCN(C(=O)COCc2ccccc2)CC1. The van der Waals surface area contributed by atoms with Gasteiger partial charge in [-0.2, -0.15) is 0 Å². The van der Waals surface area contributed by atoms with Gasteiger partial charge in [0.1, 0.15) is 6.61 Å². The maximum atomic E-state index is 13.1. The van der Waals surface area contributed by atoms with Crippen molar-refractivity contribution in [2.45, 2.75) is 58.6 Å². The quantitative estimate of drug-likeness (QED) is 0.621. The highest BCUT2D eigenvalue weighted by molar-refractivity contribution is 5.82. The fourth-order valence-corrected chi connectivity index (χ4v) is 4.65. The van der Waals surface area contributed by atoms with Crippen LogP contribution in [0.2, 0.25) is 0 Å². The number of piperazine rings is 1. The van der Waals surface area contributed by atoms with Gasteiger partial charge in [-0.25, -0.2) is 0 Å². The van der Waals surface area contributed by atoms with Crippen molar-refractivity contribution in [3.63, 3.8) is 0 Å². The number of nitrogens with one attached hydrogen (secondary N) is 1. The predicted molar refractivity (Wildman–Crippen MR) is 122 cm³/mol. The van der Waals surface area contributed by atoms with Gasteiger partial charge in [-0.05, 0) is 30.2 Å². The van der Waals surface area contributed by atoms with E-state index < -0.39 is 0 Å². The van der Waals surface area contributed by atoms with Crippen molar-refractivity contribution in [1.82, 2.24) is 15.1 Å². The summed E-state index contributed by atoms with van der Waals surface area (Å²) in [5.41, 5.74) is 1.07. The first-order chi connectivity index (χ1) is 15.1. The molecule has 2 atom stereocenters. The van der Waals surface area contributed by atoms with Gasteiger partial charge in [0.25, 0.3) is 0 Å². The van der Waals surface area contributed by atoms with Gasteiger partial charge in [0.05, 0.1) is 12.6 Å². The summed E-state index contributed by atoms with van der Waals surface area (Å²) in [6, 6.07) is 9.85. The normalized spacial score (nSPS) is 19.9. The van der Waals surface area contributed by atoms with Gasteiger partial charge in [-0.3, -0.25) is 14.5 Å². The number of benzene rings is 1. The second-order valence-corrected chi connectivity index (χ2v) is 9.14. The molecule has 1 aromatic rings. The molecule has 1 saturated carbocycles. The lowest BCUT2D eigenvalue weighted by Gasteiger charge is -2.40. The number of nitrogens with zero attached hydrogens (tertiary/aromatic N) is 2. The van der Waals surface area contributed by atoms with Crippen LogP contribution in [0.15, 0.2) is 30.3 Å². The molecular formula is C25H39N3O3. The van der Waals surface area contributed by atoms with Gasteiger partial charge < -0.3 is 15.0 Å². The van der Waals surface area contributed by atoms with E-state index in [0.29, 0.717) is 31.5 Å². The van der Waals surface area contributed by atoms with Crippen molar-refractivity contribution in [2.75, 3.05) is 39.3 Å². The first kappa shape index (κ1) is 23.7. The van der Waals surface area contributed by atoms with Crippen LogP contribution in [0.4, 0.5) is 0 Å². The van der Waals surface area contributed by atoms with Crippen molar-refractivity contribution >= 4 is 11.8 Å². The molecule has 0 bridgehead atoms. The largest absolute Gasteiger partial charge is 0.367 e. The van der Waals surface area contributed by atoms with Crippen LogP contribution in [-0.4, -0.2) is 67.0 Å². The van der Waals surface area contributed by atoms with Crippen molar-refractivity contribution in [3.05, 3.63) is 35.9 Å². The molecule has 31 heavy (non-hydrogen) atoms. The molecule has 1 aliphatic heterocycles. The first-order valence-electron chi connectivity index (χ1n) is 12.0. The first-order valence-corrected chi connectivity index (χ1v) is 12.0. The van der Waals surface area contributed by atoms with E-state index in [2.05, 4.69) is 24.1 Å². The van der Waals surface area contributed by atoms with Crippen LogP contribution in [0.5, 0.6) is 0 Å². The average Bonchev–Trinajstić information content (AvgIpc) is 3.33. The zero-order valence-electron chi connectivity index (χ0n) is 19.2. The van der Waals surface area contributed by atoms with Crippen molar-refractivity contribution in [3.8, 4) is 0 Å². The second-order valence-electron chi connectivity index (χ2n) is 9.14. The van der Waals surface area contributed by atoms with E-state index in [0.717, 1.165) is 44.5 Å². The minimum Gasteiger partial charge on any atom is -0.367 e. The van der Waals surface area contributed by atoms with E-state index in [4.69, 9.17) is 4.74 Å². The molecule has 0 radical (unpaired) electrons. The summed E-state index contributed by atoms with van der Waals surface area (Å²) in [5, 5.41) is 3.20. The van der Waals surface area contributed by atoms with E-state index in [-0.39, 0.29) is 24.5 Å². The molecule has 2 amide bonds. The molecule has 1 aliphatic carbocycles. The molecule has 1 heterocycles. The summed E-state index contributed by atoms with van der Waals surface area (Å²) in [6.07, 6.45) is 5.78. The lowest BCUT2D eigenvalue weighted by atomic mass is 9.94. The number of amides is 2. The second kappa shape index (κ2) is 12.2. The molecule has 6 heteroatoms. The zero-order valence-corrected chi connectivity index (χ0v) is 19.2. The molecule has 2 aliphatic rings. The molecule has 0 aromatic heterocycles. The van der Waals surface area contributed by atoms with Crippen LogP contribution in [0, 0.1) is 11.8 Å². The van der Waals surface area contributed by atoms with Gasteiger partial charge in [-0.15, -0.1) is 0 Å². The number of hydrogen-bond donors (Lipinski definition) is 1. The fraction of sp³-hybridized carbons (Fsp3) is 0.680. The highest BCUT2D eigenvalue weighted by Crippen LogP contribution is 2.31. The lowest BCUT2D eigenvalue weighted by molar-refractivity contribution is -0.139. The summed E-state index contributed by atoms with van der Waals surface area (Å²) in [4.78, 5) is 29.9. The Hall–Kier alpha value is -1.92. The zero-order chi connectivity index (χ0) is 22.1. The number of hydrogen-bond acceptors (Lipinski definition) is 4. The summed E-state index contributed by atoms with van der Waals surface area (Å²) in [5.74, 6) is 1.15. The third-order valence-corrected chi connectivity index (χ3v) is 6.83. The van der Waals surface area contributed by atoms with Crippen LogP contribution in [0.3, 0.4) is 0 Å². The van der Waals surface area contributed by atoms with Crippen molar-refractivity contribution in [1.29, 1.82) is 0 Å². The summed E-state index contributed by atoms with van der Waals surface area (Å²) >= 11 is 0. The Morgan fingerprint density at radius 1 is 1.10 bits per heavy atom. The van der Waals surface area contributed by atoms with Crippen LogP contribution in [0.25, 0.3) is 0 Å². The minimum absolute atomic E-state index is 0.0363. The highest BCUT2D eigenvalue weighted by atomic mass is 16.5. The molecule has 3 rings (SSSR count). The Labute approximate surface area is 187 Å². The Bertz CT molecular complexity index is 683. The molecule has 1 N–H and O–H groups in total. The van der Waals surface area contributed by atoms with Gasteiger partial charge >= 0.3 is 0 Å². The molecule has 2 fully saturated rings. The Morgan fingerprint density at radius 2 is 1.77 bits per heavy atom. The molecule has 6 nitrogen and oxygen atoms in total. The number of rotatable bonds is 10. The van der Waals surface area contributed by atoms with Crippen LogP contribution in [-0.2, 0) is 20.9 Å². The average molecular weight is 430 g/mol. The van der Waals surface area contributed by atoms with E-state index >= 15 is 0 Å². The molecule has 0 unspecified atom stereocenters. The van der Waals surface area contributed by atoms with E-state index in [1.807, 2.05) is 35.2 Å². The predicted octanol–water partition coefficient (Wildman–Crippen LogP) is 3.07. The summed E-state index contributed by atoms with van der Waals surface area (Å²) in [7, 11) is 0. The molecule has 0 spiro atoms. The van der Waals surface area contributed by atoms with Crippen LogP contribution in [0.1, 0.15) is 51.5 Å². The monoisotopic (exact) mass is 429 g/mol. The van der Waals surface area contributed by atoms with Crippen LogP contribution < -0.4 is 5.32 Å². The van der Waals surface area contributed by atoms with E-state index in [1.54, 1.807) is 0 Å². The number of carbonyl (C=O) groups excluding carboxylic acids is 2. The highest BCUT2D eigenvalue weighted by Gasteiger charge is 2.37. The van der Waals surface area contributed by atoms with Crippen LogP contribution >= 0.6 is 0 Å². The van der Waals surface area contributed by atoms with Gasteiger partial charge in [0.15, 0.2) is 0 Å². The van der Waals surface area contributed by atoms with Gasteiger partial charge in [-0.1, -0.05) is 63.4 Å².